The van der Waals surface area contributed by atoms with Gasteiger partial charge in [0.15, 0.2) is 0 Å². The topological polar surface area (TPSA) is 43.1 Å². The molecule has 0 fully saturated rings. The summed E-state index contributed by atoms with van der Waals surface area (Å²) in [5, 5.41) is 0. The van der Waals surface area contributed by atoms with Gasteiger partial charge in [0.25, 0.3) is 0 Å². The maximum Gasteiger partial charge on any atom is 0.0583 e. The van der Waals surface area contributed by atoms with Crippen molar-refractivity contribution in [2.24, 2.45) is 5.73 Å². The number of benzene rings is 1. The molecule has 0 aliphatic heterocycles. The minimum Gasteiger partial charge on any atom is -0.326 e. The van der Waals surface area contributed by atoms with Gasteiger partial charge in [0.05, 0.1) is 10.8 Å². The molecule has 2 nitrogen and oxygen atoms in total. The van der Waals surface area contributed by atoms with Gasteiger partial charge in [0, 0.05) is 16.2 Å². The lowest BCUT2D eigenvalue weighted by atomic mass is 10.2. The van der Waals surface area contributed by atoms with Crippen LogP contribution in [0.1, 0.15) is 26.3 Å². The molecule has 0 bridgehead atoms. The van der Waals surface area contributed by atoms with Gasteiger partial charge in [-0.1, -0.05) is 12.1 Å². The van der Waals surface area contributed by atoms with Gasteiger partial charge >= 0.3 is 0 Å². The molecule has 3 heteroatoms. The first kappa shape index (κ1) is 11.4. The van der Waals surface area contributed by atoms with Crippen LogP contribution >= 0.6 is 0 Å². The first-order chi connectivity index (χ1) is 6.45. The van der Waals surface area contributed by atoms with E-state index in [2.05, 4.69) is 0 Å². The van der Waals surface area contributed by atoms with Gasteiger partial charge in [-0.25, -0.2) is 0 Å². The van der Waals surface area contributed by atoms with Crippen LogP contribution in [0, 0.1) is 0 Å². The van der Waals surface area contributed by atoms with Crippen LogP contribution in [0.5, 0.6) is 0 Å². The van der Waals surface area contributed by atoms with Gasteiger partial charge in [-0.2, -0.15) is 0 Å². The molecule has 0 amide bonds. The third kappa shape index (κ3) is 2.66. The molecule has 0 heterocycles. The van der Waals surface area contributed by atoms with E-state index in [1.165, 1.54) is 0 Å². The summed E-state index contributed by atoms with van der Waals surface area (Å²) in [6, 6.07) is 7.64. The molecule has 1 aromatic rings. The van der Waals surface area contributed by atoms with Crippen molar-refractivity contribution in [2.45, 2.75) is 37.0 Å². The van der Waals surface area contributed by atoms with E-state index in [9.17, 15) is 4.21 Å². The van der Waals surface area contributed by atoms with Crippen LogP contribution in [0.15, 0.2) is 29.2 Å². The molecule has 0 aromatic heterocycles. The molecule has 0 aliphatic rings. The molecule has 1 atom stereocenters. The summed E-state index contributed by atoms with van der Waals surface area (Å²) in [4.78, 5) is 0.870. The van der Waals surface area contributed by atoms with Gasteiger partial charge < -0.3 is 5.73 Å². The third-order valence-electron chi connectivity index (χ3n) is 1.93. The van der Waals surface area contributed by atoms with Crippen LogP contribution < -0.4 is 5.73 Å². The summed E-state index contributed by atoms with van der Waals surface area (Å²) in [5.74, 6) is 0. The lowest BCUT2D eigenvalue weighted by Crippen LogP contribution is -2.21. The summed E-state index contributed by atoms with van der Waals surface area (Å²) in [6.07, 6.45) is 0. The summed E-state index contributed by atoms with van der Waals surface area (Å²) in [6.45, 7) is 6.45. The zero-order valence-electron chi connectivity index (χ0n) is 8.91. The van der Waals surface area contributed by atoms with Crippen molar-refractivity contribution in [3.63, 3.8) is 0 Å². The van der Waals surface area contributed by atoms with E-state index < -0.39 is 10.8 Å². The molecule has 14 heavy (non-hydrogen) atoms. The Kier molecular flexibility index (Phi) is 3.45. The monoisotopic (exact) mass is 211 g/mol. The number of hydrogen-bond acceptors (Lipinski definition) is 2. The van der Waals surface area contributed by atoms with Gasteiger partial charge in [-0.3, -0.25) is 4.21 Å². The van der Waals surface area contributed by atoms with E-state index in [-0.39, 0.29) is 4.75 Å². The molecule has 1 aromatic carbocycles. The second-order valence-electron chi connectivity index (χ2n) is 4.23. The number of nitrogens with two attached hydrogens (primary N) is 1. The average Bonchev–Trinajstić information content (AvgIpc) is 2.15. The Hall–Kier alpha value is -0.670. The van der Waals surface area contributed by atoms with Crippen LogP contribution in [0.2, 0.25) is 0 Å². The quantitative estimate of drug-likeness (QED) is 0.813. The maximum atomic E-state index is 11.9. The first-order valence-corrected chi connectivity index (χ1v) is 5.81. The van der Waals surface area contributed by atoms with Crippen LogP contribution in [0.4, 0.5) is 0 Å². The highest BCUT2D eigenvalue weighted by Gasteiger charge is 2.20. The van der Waals surface area contributed by atoms with E-state index >= 15 is 0 Å². The highest BCUT2D eigenvalue weighted by molar-refractivity contribution is 7.86. The summed E-state index contributed by atoms with van der Waals surface area (Å²) in [7, 11) is -0.952. The number of hydrogen-bond donors (Lipinski definition) is 1. The Morgan fingerprint density at radius 2 is 1.71 bits per heavy atom. The first-order valence-electron chi connectivity index (χ1n) is 4.66. The van der Waals surface area contributed by atoms with Gasteiger partial charge in [0.2, 0.25) is 0 Å². The Labute approximate surface area is 88.0 Å². The minimum atomic E-state index is -0.952. The Balaban J connectivity index is 2.93. The predicted octanol–water partition coefficient (Wildman–Crippen LogP) is 2.05. The maximum absolute atomic E-state index is 11.9. The Bertz CT molecular complexity index is 324. The molecule has 1 rings (SSSR count). The Morgan fingerprint density at radius 1 is 1.21 bits per heavy atom. The third-order valence-corrected chi connectivity index (χ3v) is 3.74. The minimum absolute atomic E-state index is 0.204. The fraction of sp³-hybridized carbons (Fsp3) is 0.455. The van der Waals surface area contributed by atoms with E-state index in [0.717, 1.165) is 10.5 Å². The molecule has 0 saturated carbocycles. The number of rotatable bonds is 2. The zero-order chi connectivity index (χ0) is 10.8. The SMILES string of the molecule is CC(C)(C)S(=O)c1ccc(CN)cc1. The highest BCUT2D eigenvalue weighted by Crippen LogP contribution is 2.20. The summed E-state index contributed by atoms with van der Waals surface area (Å²) >= 11 is 0. The van der Waals surface area contributed by atoms with Crippen LogP contribution in [-0.2, 0) is 17.3 Å². The lowest BCUT2D eigenvalue weighted by molar-refractivity contribution is 0.649. The van der Waals surface area contributed by atoms with Crippen molar-refractivity contribution >= 4 is 10.8 Å². The normalized spacial score (nSPS) is 14.0. The van der Waals surface area contributed by atoms with Gasteiger partial charge in [-0.05, 0) is 38.5 Å². The molecule has 1 unspecified atom stereocenters. The van der Waals surface area contributed by atoms with E-state index in [1.807, 2.05) is 45.0 Å². The molecule has 0 aliphatic carbocycles. The van der Waals surface area contributed by atoms with Crippen molar-refractivity contribution in [3.05, 3.63) is 29.8 Å². The standard InChI is InChI=1S/C11H17NOS/c1-11(2,3)14(13)10-6-4-9(8-12)5-7-10/h4-7H,8,12H2,1-3H3. The largest absolute Gasteiger partial charge is 0.326 e. The molecule has 78 valence electrons. The highest BCUT2D eigenvalue weighted by atomic mass is 32.2. The molecule has 0 spiro atoms. The summed E-state index contributed by atoms with van der Waals surface area (Å²) in [5.41, 5.74) is 6.56. The molecular formula is C11H17NOS. The van der Waals surface area contributed by atoms with Crippen molar-refractivity contribution in [1.29, 1.82) is 0 Å². The van der Waals surface area contributed by atoms with Gasteiger partial charge in [-0.15, -0.1) is 0 Å². The van der Waals surface area contributed by atoms with Crippen LogP contribution in [0.3, 0.4) is 0 Å². The Morgan fingerprint density at radius 3 is 2.07 bits per heavy atom. The summed E-state index contributed by atoms with van der Waals surface area (Å²) < 4.78 is 11.7. The van der Waals surface area contributed by atoms with Gasteiger partial charge in [0.1, 0.15) is 0 Å². The second kappa shape index (κ2) is 4.24. The van der Waals surface area contributed by atoms with E-state index in [4.69, 9.17) is 5.73 Å². The molecule has 2 N–H and O–H groups in total. The molecule has 0 saturated heterocycles. The van der Waals surface area contributed by atoms with Crippen LogP contribution in [0.25, 0.3) is 0 Å². The fourth-order valence-corrected chi connectivity index (χ4v) is 2.19. The fourth-order valence-electron chi connectivity index (χ4n) is 1.10. The lowest BCUT2D eigenvalue weighted by Gasteiger charge is -2.17. The molecule has 0 radical (unpaired) electrons. The van der Waals surface area contributed by atoms with E-state index in [1.54, 1.807) is 0 Å². The van der Waals surface area contributed by atoms with Crippen molar-refractivity contribution < 1.29 is 4.21 Å². The van der Waals surface area contributed by atoms with E-state index in [0.29, 0.717) is 6.54 Å². The van der Waals surface area contributed by atoms with Crippen molar-refractivity contribution in [1.82, 2.24) is 0 Å². The second-order valence-corrected chi connectivity index (χ2v) is 6.46. The average molecular weight is 211 g/mol. The van der Waals surface area contributed by atoms with Crippen molar-refractivity contribution in [3.8, 4) is 0 Å². The van der Waals surface area contributed by atoms with Crippen LogP contribution in [-0.4, -0.2) is 8.96 Å². The predicted molar refractivity (Wildman–Crippen MR) is 60.5 cm³/mol. The zero-order valence-corrected chi connectivity index (χ0v) is 9.73. The smallest absolute Gasteiger partial charge is 0.0583 e. The molecular weight excluding hydrogens is 194 g/mol. The van der Waals surface area contributed by atoms with Crippen molar-refractivity contribution in [2.75, 3.05) is 0 Å².